The van der Waals surface area contributed by atoms with Gasteiger partial charge in [0.25, 0.3) is 0 Å². The van der Waals surface area contributed by atoms with Crippen LogP contribution in [0.5, 0.6) is 0 Å². The van der Waals surface area contributed by atoms with Crippen LogP contribution in [0.25, 0.3) is 11.0 Å². The van der Waals surface area contributed by atoms with Crippen molar-refractivity contribution in [2.75, 3.05) is 0 Å². The number of hydrogen-bond acceptors (Lipinski definition) is 3. The highest BCUT2D eigenvalue weighted by molar-refractivity contribution is 9.10. The Labute approximate surface area is 119 Å². The number of fused-ring (bicyclic) bond motifs is 1. The number of benzene rings is 1. The van der Waals surface area contributed by atoms with Gasteiger partial charge in [-0.15, -0.1) is 0 Å². The lowest BCUT2D eigenvalue weighted by Gasteiger charge is -2.09. The van der Waals surface area contributed by atoms with Crippen molar-refractivity contribution in [1.82, 2.24) is 4.98 Å². The summed E-state index contributed by atoms with van der Waals surface area (Å²) in [5, 5.41) is 11.3. The number of halogens is 1. The van der Waals surface area contributed by atoms with Crippen LogP contribution in [-0.2, 0) is 6.42 Å². The van der Waals surface area contributed by atoms with Gasteiger partial charge >= 0.3 is 0 Å². The molecule has 2 aromatic heterocycles. The number of aliphatic hydroxyl groups excluding tert-OH is 1. The van der Waals surface area contributed by atoms with Gasteiger partial charge in [0.1, 0.15) is 5.58 Å². The smallest absolute Gasteiger partial charge is 0.134 e. The number of para-hydroxylation sites is 1. The highest BCUT2D eigenvalue weighted by atomic mass is 79.9. The third-order valence-electron chi connectivity index (χ3n) is 3.06. The summed E-state index contributed by atoms with van der Waals surface area (Å²) in [6, 6.07) is 9.66. The number of aromatic nitrogens is 1. The Bertz CT molecular complexity index is 708. The van der Waals surface area contributed by atoms with Crippen LogP contribution < -0.4 is 0 Å². The number of nitrogens with zero attached hydrogens (tertiary/aromatic N) is 1. The maximum absolute atomic E-state index is 10.3. The second-order valence-corrected chi connectivity index (χ2v) is 5.33. The topological polar surface area (TPSA) is 46.3 Å². The molecule has 0 aliphatic heterocycles. The zero-order valence-electron chi connectivity index (χ0n) is 10.1. The molecule has 19 heavy (non-hydrogen) atoms. The average molecular weight is 318 g/mol. The molecule has 3 rings (SSSR count). The van der Waals surface area contributed by atoms with Crippen molar-refractivity contribution in [2.45, 2.75) is 12.5 Å². The quantitative estimate of drug-likeness (QED) is 0.797. The van der Waals surface area contributed by atoms with Crippen molar-refractivity contribution in [2.24, 2.45) is 0 Å². The highest BCUT2D eigenvalue weighted by Gasteiger charge is 2.15. The summed E-state index contributed by atoms with van der Waals surface area (Å²) in [6.45, 7) is 0. The molecule has 0 saturated heterocycles. The molecule has 4 heteroatoms. The monoisotopic (exact) mass is 317 g/mol. The van der Waals surface area contributed by atoms with E-state index in [0.29, 0.717) is 6.42 Å². The van der Waals surface area contributed by atoms with E-state index in [1.807, 2.05) is 30.3 Å². The van der Waals surface area contributed by atoms with E-state index in [4.69, 9.17) is 4.42 Å². The van der Waals surface area contributed by atoms with E-state index in [0.717, 1.165) is 26.6 Å². The number of rotatable bonds is 3. The molecule has 3 nitrogen and oxygen atoms in total. The van der Waals surface area contributed by atoms with Crippen LogP contribution in [0.15, 0.2) is 57.9 Å². The summed E-state index contributed by atoms with van der Waals surface area (Å²) in [5.74, 6) is 0. The molecule has 96 valence electrons. The van der Waals surface area contributed by atoms with E-state index in [1.165, 1.54) is 0 Å². The van der Waals surface area contributed by atoms with E-state index in [-0.39, 0.29) is 0 Å². The zero-order valence-corrected chi connectivity index (χ0v) is 11.7. The Balaban J connectivity index is 1.90. The molecule has 1 aromatic carbocycles. The molecule has 2 heterocycles. The third-order valence-corrected chi connectivity index (χ3v) is 3.49. The van der Waals surface area contributed by atoms with Gasteiger partial charge in [-0.25, -0.2) is 0 Å². The lowest BCUT2D eigenvalue weighted by Crippen LogP contribution is -2.01. The fourth-order valence-electron chi connectivity index (χ4n) is 2.16. The molecule has 3 aromatic rings. The highest BCUT2D eigenvalue weighted by Crippen LogP contribution is 2.28. The second-order valence-electron chi connectivity index (χ2n) is 4.42. The molecule has 0 radical (unpaired) electrons. The van der Waals surface area contributed by atoms with Crippen LogP contribution >= 0.6 is 15.9 Å². The summed E-state index contributed by atoms with van der Waals surface area (Å²) in [4.78, 5) is 4.10. The Morgan fingerprint density at radius 2 is 2.11 bits per heavy atom. The van der Waals surface area contributed by atoms with Crippen LogP contribution in [0.4, 0.5) is 0 Å². The van der Waals surface area contributed by atoms with Gasteiger partial charge in [0.2, 0.25) is 0 Å². The summed E-state index contributed by atoms with van der Waals surface area (Å²) in [5.41, 5.74) is 2.59. The first-order valence-corrected chi connectivity index (χ1v) is 6.77. The van der Waals surface area contributed by atoms with Gasteiger partial charge in [0.05, 0.1) is 12.4 Å². The SMILES string of the molecule is OC(Cc1cncc(Br)c1)c1coc2ccccc12. The molecule has 0 fully saturated rings. The van der Waals surface area contributed by atoms with Gasteiger partial charge in [0, 0.05) is 34.2 Å². The minimum absolute atomic E-state index is 0.510. The van der Waals surface area contributed by atoms with Crippen LogP contribution in [0.3, 0.4) is 0 Å². The van der Waals surface area contributed by atoms with Crippen LogP contribution in [0.1, 0.15) is 17.2 Å². The van der Waals surface area contributed by atoms with Gasteiger partial charge < -0.3 is 9.52 Å². The average Bonchev–Trinajstić information content (AvgIpc) is 2.82. The Morgan fingerprint density at radius 3 is 2.95 bits per heavy atom. The maximum Gasteiger partial charge on any atom is 0.134 e. The van der Waals surface area contributed by atoms with Crippen LogP contribution in [0.2, 0.25) is 0 Å². The Hall–Kier alpha value is -1.65. The van der Waals surface area contributed by atoms with E-state index in [1.54, 1.807) is 18.7 Å². The van der Waals surface area contributed by atoms with Crippen molar-refractivity contribution in [3.05, 3.63) is 64.6 Å². The number of aliphatic hydroxyl groups is 1. The molecule has 0 aliphatic carbocycles. The molecule has 1 N–H and O–H groups in total. The van der Waals surface area contributed by atoms with Crippen molar-refractivity contribution >= 4 is 26.9 Å². The standard InChI is InChI=1S/C15H12BrNO2/c16-11-5-10(7-17-8-11)6-14(18)13-9-19-15-4-2-1-3-12(13)15/h1-5,7-9,14,18H,6H2. The van der Waals surface area contributed by atoms with Gasteiger partial charge in [-0.1, -0.05) is 18.2 Å². The minimum Gasteiger partial charge on any atom is -0.464 e. The summed E-state index contributed by atoms with van der Waals surface area (Å²) in [6.07, 6.45) is 5.02. The predicted octanol–water partition coefficient (Wildman–Crippen LogP) is 3.87. The minimum atomic E-state index is -0.597. The third kappa shape index (κ3) is 2.55. The normalized spacial score (nSPS) is 12.7. The molecule has 1 atom stereocenters. The second kappa shape index (κ2) is 5.15. The van der Waals surface area contributed by atoms with Crippen molar-refractivity contribution in [1.29, 1.82) is 0 Å². The maximum atomic E-state index is 10.3. The van der Waals surface area contributed by atoms with Crippen molar-refractivity contribution in [3.8, 4) is 0 Å². The summed E-state index contributed by atoms with van der Waals surface area (Å²) in [7, 11) is 0. The fraction of sp³-hybridized carbons (Fsp3) is 0.133. The number of pyridine rings is 1. The molecule has 0 bridgehead atoms. The van der Waals surface area contributed by atoms with Crippen LogP contribution in [0, 0.1) is 0 Å². The molecule has 0 spiro atoms. The number of hydrogen-bond donors (Lipinski definition) is 1. The number of furan rings is 1. The van der Waals surface area contributed by atoms with Crippen molar-refractivity contribution in [3.63, 3.8) is 0 Å². The molecule has 0 saturated carbocycles. The molecule has 0 amide bonds. The molecule has 1 unspecified atom stereocenters. The first-order chi connectivity index (χ1) is 9.24. The van der Waals surface area contributed by atoms with Gasteiger partial charge in [-0.3, -0.25) is 4.98 Å². The lowest BCUT2D eigenvalue weighted by atomic mass is 10.0. The zero-order chi connectivity index (χ0) is 13.2. The van der Waals surface area contributed by atoms with Crippen LogP contribution in [-0.4, -0.2) is 10.1 Å². The molecular formula is C15H12BrNO2. The molecule has 0 aliphatic rings. The molecular weight excluding hydrogens is 306 g/mol. The summed E-state index contributed by atoms with van der Waals surface area (Å²) >= 11 is 3.38. The van der Waals surface area contributed by atoms with Gasteiger partial charge in [0.15, 0.2) is 0 Å². The van der Waals surface area contributed by atoms with Gasteiger partial charge in [-0.2, -0.15) is 0 Å². The Kier molecular flexibility index (Phi) is 3.36. The van der Waals surface area contributed by atoms with Crippen molar-refractivity contribution < 1.29 is 9.52 Å². The Morgan fingerprint density at radius 1 is 1.26 bits per heavy atom. The van der Waals surface area contributed by atoms with E-state index in [9.17, 15) is 5.11 Å². The van der Waals surface area contributed by atoms with E-state index in [2.05, 4.69) is 20.9 Å². The fourth-order valence-corrected chi connectivity index (χ4v) is 2.57. The first-order valence-electron chi connectivity index (χ1n) is 5.97. The van der Waals surface area contributed by atoms with E-state index < -0.39 is 6.10 Å². The largest absolute Gasteiger partial charge is 0.464 e. The summed E-state index contributed by atoms with van der Waals surface area (Å²) < 4.78 is 6.36. The lowest BCUT2D eigenvalue weighted by molar-refractivity contribution is 0.178. The first kappa shape index (κ1) is 12.4. The predicted molar refractivity (Wildman–Crippen MR) is 76.8 cm³/mol. The van der Waals surface area contributed by atoms with E-state index >= 15 is 0 Å². The van der Waals surface area contributed by atoms with Gasteiger partial charge in [-0.05, 0) is 33.6 Å².